The molecule has 0 spiro atoms. The molecule has 108 valence electrons. The number of fused-ring (bicyclic) bond motifs is 3. The van der Waals surface area contributed by atoms with Crippen molar-refractivity contribution in [3.63, 3.8) is 0 Å². The third kappa shape index (κ3) is 1.69. The van der Waals surface area contributed by atoms with Crippen LogP contribution in [-0.4, -0.2) is 34.0 Å². The molecule has 4 nitrogen and oxygen atoms in total. The molecule has 19 heavy (non-hydrogen) atoms. The first-order valence-electron chi connectivity index (χ1n) is 7.38. The minimum Gasteiger partial charge on any atom is -0.461 e. The molecule has 0 aromatic carbocycles. The van der Waals surface area contributed by atoms with Gasteiger partial charge in [0.2, 0.25) is 0 Å². The molecule has 0 radical (unpaired) electrons. The molecule has 3 rings (SSSR count). The largest absolute Gasteiger partial charge is 0.461 e. The third-order valence-electron chi connectivity index (χ3n) is 6.10. The molecule has 3 aliphatic rings. The van der Waals surface area contributed by atoms with Gasteiger partial charge in [-0.1, -0.05) is 13.8 Å². The van der Waals surface area contributed by atoms with Crippen LogP contribution in [0.5, 0.6) is 0 Å². The number of carbonyl (C=O) groups excluding carboxylic acids is 1. The van der Waals surface area contributed by atoms with Crippen molar-refractivity contribution in [3.8, 4) is 0 Å². The van der Waals surface area contributed by atoms with Crippen molar-refractivity contribution in [3.05, 3.63) is 0 Å². The minimum atomic E-state index is -0.859. The van der Waals surface area contributed by atoms with Crippen LogP contribution >= 0.6 is 0 Å². The van der Waals surface area contributed by atoms with Crippen molar-refractivity contribution >= 4 is 5.97 Å². The summed E-state index contributed by atoms with van der Waals surface area (Å²) in [6, 6.07) is 0. The van der Waals surface area contributed by atoms with Gasteiger partial charge >= 0.3 is 5.97 Å². The maximum absolute atomic E-state index is 11.8. The van der Waals surface area contributed by atoms with Gasteiger partial charge in [-0.25, -0.2) is 0 Å². The van der Waals surface area contributed by atoms with E-state index < -0.39 is 11.7 Å². The summed E-state index contributed by atoms with van der Waals surface area (Å²) in [5.74, 6) is -0.182. The van der Waals surface area contributed by atoms with Crippen molar-refractivity contribution < 1.29 is 19.7 Å². The topological polar surface area (TPSA) is 66.8 Å². The number of aliphatic hydroxyl groups excluding tert-OH is 1. The van der Waals surface area contributed by atoms with Crippen molar-refractivity contribution in [2.45, 2.75) is 64.3 Å². The fraction of sp³-hybridized carbons (Fsp3) is 0.933. The Labute approximate surface area is 114 Å². The van der Waals surface area contributed by atoms with Gasteiger partial charge in [-0.2, -0.15) is 0 Å². The van der Waals surface area contributed by atoms with Gasteiger partial charge in [-0.05, 0) is 32.6 Å². The first-order valence-corrected chi connectivity index (χ1v) is 7.38. The molecular formula is C15H24O4. The first kappa shape index (κ1) is 13.4. The number of ether oxygens (including phenoxy) is 1. The second-order valence-electron chi connectivity index (χ2n) is 7.29. The number of rotatable bonds is 0. The molecule has 1 saturated heterocycles. The van der Waals surface area contributed by atoms with Gasteiger partial charge in [0.15, 0.2) is 0 Å². The van der Waals surface area contributed by atoms with E-state index in [4.69, 9.17) is 4.74 Å². The van der Waals surface area contributed by atoms with Crippen molar-refractivity contribution in [2.75, 3.05) is 0 Å². The first-order chi connectivity index (χ1) is 8.77. The summed E-state index contributed by atoms with van der Waals surface area (Å²) in [5, 5.41) is 21.2. The van der Waals surface area contributed by atoms with E-state index in [-0.39, 0.29) is 35.2 Å². The Hall–Kier alpha value is -0.610. The lowest BCUT2D eigenvalue weighted by Gasteiger charge is -2.57. The lowest BCUT2D eigenvalue weighted by Crippen LogP contribution is -2.62. The molecule has 0 amide bonds. The van der Waals surface area contributed by atoms with E-state index in [1.54, 1.807) is 0 Å². The summed E-state index contributed by atoms with van der Waals surface area (Å²) < 4.78 is 5.59. The van der Waals surface area contributed by atoms with Gasteiger partial charge in [-0.15, -0.1) is 0 Å². The van der Waals surface area contributed by atoms with Crippen LogP contribution in [0.3, 0.4) is 0 Å². The lowest BCUT2D eigenvalue weighted by molar-refractivity contribution is -0.212. The SMILES string of the molecule is C[C@@H]1C(=O)O[C@H]2C3[C@](C)(O)CC[C@@H](O)[C@]3(C)CC[C@@H]12. The molecule has 0 bridgehead atoms. The predicted octanol–water partition coefficient (Wildman–Crippen LogP) is 1.49. The molecule has 0 aromatic heterocycles. The number of carbonyl (C=O) groups is 1. The normalized spacial score (nSPS) is 57.3. The van der Waals surface area contributed by atoms with E-state index in [0.717, 1.165) is 12.8 Å². The maximum Gasteiger partial charge on any atom is 0.309 e. The van der Waals surface area contributed by atoms with Crippen LogP contribution in [0.25, 0.3) is 0 Å². The maximum atomic E-state index is 11.8. The summed E-state index contributed by atoms with van der Waals surface area (Å²) in [6.07, 6.45) is 2.32. The van der Waals surface area contributed by atoms with E-state index in [0.29, 0.717) is 12.8 Å². The number of esters is 1. The van der Waals surface area contributed by atoms with Crippen molar-refractivity contribution in [1.29, 1.82) is 0 Å². The van der Waals surface area contributed by atoms with Gasteiger partial charge in [0.1, 0.15) is 6.10 Å². The molecule has 2 saturated carbocycles. The smallest absolute Gasteiger partial charge is 0.309 e. The van der Waals surface area contributed by atoms with Gasteiger partial charge in [0.25, 0.3) is 0 Å². The van der Waals surface area contributed by atoms with Crippen LogP contribution < -0.4 is 0 Å². The molecule has 7 atom stereocenters. The Kier molecular flexibility index (Phi) is 2.78. The van der Waals surface area contributed by atoms with E-state index in [1.807, 2.05) is 20.8 Å². The van der Waals surface area contributed by atoms with Crippen LogP contribution in [0.15, 0.2) is 0 Å². The summed E-state index contributed by atoms with van der Waals surface area (Å²) in [6.45, 7) is 5.80. The van der Waals surface area contributed by atoms with E-state index in [9.17, 15) is 15.0 Å². The third-order valence-corrected chi connectivity index (χ3v) is 6.10. The molecule has 1 heterocycles. The molecule has 2 N–H and O–H groups in total. The Morgan fingerprint density at radius 1 is 1.26 bits per heavy atom. The molecule has 1 unspecified atom stereocenters. The zero-order valence-corrected chi connectivity index (χ0v) is 11.9. The van der Waals surface area contributed by atoms with Crippen LogP contribution in [0, 0.1) is 23.2 Å². The molecule has 1 aliphatic heterocycles. The minimum absolute atomic E-state index is 0.0792. The summed E-state index contributed by atoms with van der Waals surface area (Å²) in [7, 11) is 0. The van der Waals surface area contributed by atoms with E-state index in [1.165, 1.54) is 0 Å². The molecule has 2 aliphatic carbocycles. The summed E-state index contributed by atoms with van der Waals surface area (Å²) >= 11 is 0. The molecule has 3 fully saturated rings. The van der Waals surface area contributed by atoms with E-state index >= 15 is 0 Å². The summed E-state index contributed by atoms with van der Waals surface area (Å²) in [5.41, 5.74) is -1.20. The lowest BCUT2D eigenvalue weighted by atomic mass is 9.51. The Morgan fingerprint density at radius 3 is 2.63 bits per heavy atom. The van der Waals surface area contributed by atoms with Gasteiger partial charge in [0, 0.05) is 17.3 Å². The average molecular weight is 268 g/mol. The number of hydrogen-bond donors (Lipinski definition) is 2. The zero-order chi connectivity index (χ0) is 14.0. The van der Waals surface area contributed by atoms with Crippen LogP contribution in [-0.2, 0) is 9.53 Å². The van der Waals surface area contributed by atoms with Crippen molar-refractivity contribution in [2.24, 2.45) is 23.2 Å². The second kappa shape index (κ2) is 3.95. The van der Waals surface area contributed by atoms with Crippen LogP contribution in [0.4, 0.5) is 0 Å². The molecule has 4 heteroatoms. The van der Waals surface area contributed by atoms with Crippen molar-refractivity contribution in [1.82, 2.24) is 0 Å². The second-order valence-corrected chi connectivity index (χ2v) is 7.29. The monoisotopic (exact) mass is 268 g/mol. The highest BCUT2D eigenvalue weighted by Crippen LogP contribution is 2.58. The fourth-order valence-electron chi connectivity index (χ4n) is 4.88. The highest BCUT2D eigenvalue weighted by molar-refractivity contribution is 5.75. The Balaban J connectivity index is 2.01. The standard InChI is InChI=1S/C15H24O4/c1-8-9-4-6-14(2)10(16)5-7-15(3,18)12(14)11(9)19-13(8)17/h8-12,16,18H,4-7H2,1-3H3/t8-,9-,10+,11+,12?,14-,15+/m0/s1. The quantitative estimate of drug-likeness (QED) is 0.653. The van der Waals surface area contributed by atoms with Gasteiger partial charge in [0.05, 0.1) is 17.6 Å². The fourth-order valence-corrected chi connectivity index (χ4v) is 4.88. The number of aliphatic hydroxyl groups is 2. The van der Waals surface area contributed by atoms with Crippen LogP contribution in [0.1, 0.15) is 46.5 Å². The molecule has 0 aromatic rings. The summed E-state index contributed by atoms with van der Waals surface area (Å²) in [4.78, 5) is 11.8. The predicted molar refractivity (Wildman–Crippen MR) is 69.2 cm³/mol. The van der Waals surface area contributed by atoms with Gasteiger partial charge < -0.3 is 14.9 Å². The van der Waals surface area contributed by atoms with E-state index in [2.05, 4.69) is 0 Å². The highest BCUT2D eigenvalue weighted by Gasteiger charge is 2.63. The van der Waals surface area contributed by atoms with Gasteiger partial charge in [-0.3, -0.25) is 4.79 Å². The van der Waals surface area contributed by atoms with Crippen LogP contribution in [0.2, 0.25) is 0 Å². The molecular weight excluding hydrogens is 244 g/mol. The zero-order valence-electron chi connectivity index (χ0n) is 11.9. The Bertz CT molecular complexity index is 405. The Morgan fingerprint density at radius 2 is 1.95 bits per heavy atom. The average Bonchev–Trinajstić information content (AvgIpc) is 2.60. The highest BCUT2D eigenvalue weighted by atomic mass is 16.6. The number of hydrogen-bond acceptors (Lipinski definition) is 4.